The molecule has 0 aliphatic rings. The van der Waals surface area contributed by atoms with Crippen molar-refractivity contribution in [3.63, 3.8) is 0 Å². The van der Waals surface area contributed by atoms with Crippen molar-refractivity contribution < 1.29 is 9.90 Å². The van der Waals surface area contributed by atoms with Crippen LogP contribution in [-0.2, 0) is 17.8 Å². The van der Waals surface area contributed by atoms with Crippen molar-refractivity contribution in [2.75, 3.05) is 13.2 Å². The maximum absolute atomic E-state index is 12.5. The third kappa shape index (κ3) is 6.27. The van der Waals surface area contributed by atoms with Gasteiger partial charge in [-0.15, -0.1) is 0 Å². The van der Waals surface area contributed by atoms with Crippen LogP contribution in [0.25, 0.3) is 0 Å². The first-order valence-corrected chi connectivity index (χ1v) is 9.89. The van der Waals surface area contributed by atoms with Crippen molar-refractivity contribution >= 4 is 5.91 Å². The van der Waals surface area contributed by atoms with E-state index in [4.69, 9.17) is 5.73 Å². The molecule has 2 aromatic carbocycles. The molecular formula is C23H28N4O2. The zero-order valence-corrected chi connectivity index (χ0v) is 16.4. The molecule has 3 aromatic rings. The van der Waals surface area contributed by atoms with Crippen LogP contribution in [0.3, 0.4) is 0 Å². The SMILES string of the molecule is N[C@@H](Cc1cn(Cc2ccccc2)cn1)C(=O)NCC(CCO)c1ccccc1. The van der Waals surface area contributed by atoms with Crippen LogP contribution < -0.4 is 11.1 Å². The van der Waals surface area contributed by atoms with Gasteiger partial charge in [-0.1, -0.05) is 60.7 Å². The number of aliphatic hydroxyl groups is 1. The Bertz CT molecular complexity index is 880. The summed E-state index contributed by atoms with van der Waals surface area (Å²) in [6.45, 7) is 1.25. The highest BCUT2D eigenvalue weighted by molar-refractivity contribution is 5.81. The summed E-state index contributed by atoms with van der Waals surface area (Å²) in [7, 11) is 0. The van der Waals surface area contributed by atoms with Gasteiger partial charge >= 0.3 is 0 Å². The zero-order chi connectivity index (χ0) is 20.5. The summed E-state index contributed by atoms with van der Waals surface area (Å²) in [5.74, 6) is -0.149. The van der Waals surface area contributed by atoms with E-state index in [2.05, 4.69) is 22.4 Å². The number of nitrogens with two attached hydrogens (primary N) is 1. The zero-order valence-electron chi connectivity index (χ0n) is 16.4. The highest BCUT2D eigenvalue weighted by Gasteiger charge is 2.18. The number of aromatic nitrogens is 2. The molecule has 0 spiro atoms. The van der Waals surface area contributed by atoms with Crippen molar-refractivity contribution in [2.45, 2.75) is 31.3 Å². The number of aliphatic hydroxyl groups excluding tert-OH is 1. The number of nitrogens with one attached hydrogen (secondary N) is 1. The van der Waals surface area contributed by atoms with Gasteiger partial charge in [0.15, 0.2) is 0 Å². The standard InChI is InChI=1S/C23H28N4O2/c24-22(13-21-16-27(17-26-21)15-18-7-3-1-4-8-18)23(29)25-14-20(11-12-28)19-9-5-2-6-10-19/h1-10,16-17,20,22,28H,11-15,24H2,(H,25,29)/t20?,22-/m0/s1. The second-order valence-electron chi connectivity index (χ2n) is 7.20. The van der Waals surface area contributed by atoms with Gasteiger partial charge in [0, 0.05) is 38.2 Å². The van der Waals surface area contributed by atoms with Gasteiger partial charge in [-0.2, -0.15) is 0 Å². The number of imidazole rings is 1. The number of rotatable bonds is 10. The lowest BCUT2D eigenvalue weighted by atomic mass is 9.96. The van der Waals surface area contributed by atoms with E-state index in [9.17, 15) is 9.90 Å². The fourth-order valence-corrected chi connectivity index (χ4v) is 3.33. The number of carbonyl (C=O) groups excluding carboxylic acids is 1. The number of hydrogen-bond donors (Lipinski definition) is 3. The minimum atomic E-state index is -0.666. The van der Waals surface area contributed by atoms with Gasteiger partial charge in [-0.25, -0.2) is 4.98 Å². The molecule has 2 atom stereocenters. The molecule has 0 aliphatic carbocycles. The summed E-state index contributed by atoms with van der Waals surface area (Å²) in [5.41, 5.74) is 9.17. The molecule has 0 aliphatic heterocycles. The molecule has 6 heteroatoms. The maximum Gasteiger partial charge on any atom is 0.237 e. The number of nitrogens with zero attached hydrogens (tertiary/aromatic N) is 2. The minimum Gasteiger partial charge on any atom is -0.396 e. The Morgan fingerprint density at radius 2 is 1.79 bits per heavy atom. The van der Waals surface area contributed by atoms with Crippen molar-refractivity contribution in [3.8, 4) is 0 Å². The van der Waals surface area contributed by atoms with E-state index in [0.717, 1.165) is 17.8 Å². The van der Waals surface area contributed by atoms with Gasteiger partial charge in [-0.3, -0.25) is 4.79 Å². The Hall–Kier alpha value is -2.96. The molecule has 0 saturated heterocycles. The average molecular weight is 393 g/mol. The summed E-state index contributed by atoms with van der Waals surface area (Å²) in [5, 5.41) is 12.3. The molecule has 6 nitrogen and oxygen atoms in total. The monoisotopic (exact) mass is 392 g/mol. The van der Waals surface area contributed by atoms with E-state index in [0.29, 0.717) is 19.4 Å². The molecule has 0 radical (unpaired) electrons. The maximum atomic E-state index is 12.5. The summed E-state index contributed by atoms with van der Waals surface area (Å²) in [6.07, 6.45) is 4.66. The third-order valence-electron chi connectivity index (χ3n) is 4.93. The fourth-order valence-electron chi connectivity index (χ4n) is 3.33. The quantitative estimate of drug-likeness (QED) is 0.492. The Labute approximate surface area is 171 Å². The molecule has 0 fully saturated rings. The predicted octanol–water partition coefficient (Wildman–Crippen LogP) is 2.08. The number of benzene rings is 2. The lowest BCUT2D eigenvalue weighted by Crippen LogP contribution is -2.43. The largest absolute Gasteiger partial charge is 0.396 e. The van der Waals surface area contributed by atoms with Crippen LogP contribution in [-0.4, -0.2) is 39.8 Å². The predicted molar refractivity (Wildman–Crippen MR) is 113 cm³/mol. The van der Waals surface area contributed by atoms with Crippen LogP contribution in [0.1, 0.15) is 29.2 Å². The summed E-state index contributed by atoms with van der Waals surface area (Å²) < 4.78 is 1.99. The summed E-state index contributed by atoms with van der Waals surface area (Å²) >= 11 is 0. The van der Waals surface area contributed by atoms with E-state index >= 15 is 0 Å². The van der Waals surface area contributed by atoms with Gasteiger partial charge in [0.2, 0.25) is 5.91 Å². The molecule has 0 saturated carbocycles. The van der Waals surface area contributed by atoms with Gasteiger partial charge < -0.3 is 20.7 Å². The Balaban J connectivity index is 1.51. The normalized spacial score (nSPS) is 13.0. The van der Waals surface area contributed by atoms with Crippen LogP contribution in [0.5, 0.6) is 0 Å². The van der Waals surface area contributed by atoms with E-state index in [1.807, 2.05) is 59.3 Å². The van der Waals surface area contributed by atoms with Crippen molar-refractivity contribution in [2.24, 2.45) is 5.73 Å². The molecule has 1 unspecified atom stereocenters. The first kappa shape index (κ1) is 20.8. The third-order valence-corrected chi connectivity index (χ3v) is 4.93. The van der Waals surface area contributed by atoms with Crippen LogP contribution in [0, 0.1) is 0 Å². The van der Waals surface area contributed by atoms with Crippen LogP contribution >= 0.6 is 0 Å². The van der Waals surface area contributed by atoms with E-state index < -0.39 is 6.04 Å². The molecule has 1 amide bonds. The highest BCUT2D eigenvalue weighted by Crippen LogP contribution is 2.18. The summed E-state index contributed by atoms with van der Waals surface area (Å²) in [4.78, 5) is 16.8. The number of amides is 1. The van der Waals surface area contributed by atoms with Crippen LogP contribution in [0.4, 0.5) is 0 Å². The lowest BCUT2D eigenvalue weighted by molar-refractivity contribution is -0.122. The first-order chi connectivity index (χ1) is 14.2. The fraction of sp³-hybridized carbons (Fsp3) is 0.304. The Morgan fingerprint density at radius 1 is 1.10 bits per heavy atom. The lowest BCUT2D eigenvalue weighted by Gasteiger charge is -2.18. The summed E-state index contributed by atoms with van der Waals surface area (Å²) in [6, 6.07) is 19.3. The highest BCUT2D eigenvalue weighted by atomic mass is 16.3. The molecule has 29 heavy (non-hydrogen) atoms. The molecule has 1 aromatic heterocycles. The molecule has 1 heterocycles. The van der Waals surface area contributed by atoms with Gasteiger partial charge in [-0.05, 0) is 17.5 Å². The van der Waals surface area contributed by atoms with Crippen molar-refractivity contribution in [1.82, 2.24) is 14.9 Å². The average Bonchev–Trinajstić information content (AvgIpc) is 3.18. The van der Waals surface area contributed by atoms with Gasteiger partial charge in [0.05, 0.1) is 18.1 Å². The van der Waals surface area contributed by atoms with Gasteiger partial charge in [0.1, 0.15) is 0 Å². The van der Waals surface area contributed by atoms with E-state index in [1.54, 1.807) is 6.33 Å². The topological polar surface area (TPSA) is 93.2 Å². The van der Waals surface area contributed by atoms with E-state index in [1.165, 1.54) is 5.56 Å². The molecule has 152 valence electrons. The second-order valence-corrected chi connectivity index (χ2v) is 7.20. The van der Waals surface area contributed by atoms with Crippen molar-refractivity contribution in [3.05, 3.63) is 90.0 Å². The molecule has 0 bridgehead atoms. The van der Waals surface area contributed by atoms with Crippen molar-refractivity contribution in [1.29, 1.82) is 0 Å². The first-order valence-electron chi connectivity index (χ1n) is 9.89. The van der Waals surface area contributed by atoms with Crippen LogP contribution in [0.2, 0.25) is 0 Å². The Kier molecular flexibility index (Phi) is 7.55. The number of hydrogen-bond acceptors (Lipinski definition) is 4. The Morgan fingerprint density at radius 3 is 2.48 bits per heavy atom. The minimum absolute atomic E-state index is 0.0578. The molecular weight excluding hydrogens is 364 g/mol. The number of carbonyl (C=O) groups is 1. The second kappa shape index (κ2) is 10.5. The van der Waals surface area contributed by atoms with E-state index in [-0.39, 0.29) is 18.4 Å². The molecule has 4 N–H and O–H groups in total. The van der Waals surface area contributed by atoms with Crippen LogP contribution in [0.15, 0.2) is 73.2 Å². The molecule has 3 rings (SSSR count). The smallest absolute Gasteiger partial charge is 0.237 e. The van der Waals surface area contributed by atoms with Gasteiger partial charge in [0.25, 0.3) is 0 Å².